The molecule has 0 aliphatic rings. The number of nitrogens with one attached hydrogen (secondary N) is 1. The molecule has 5 aromatic rings. The first kappa shape index (κ1) is 26.5. The van der Waals surface area contributed by atoms with Crippen molar-refractivity contribution >= 4 is 23.4 Å². The Morgan fingerprint density at radius 2 is 1.68 bits per heavy atom. The molecule has 0 saturated heterocycles. The Labute approximate surface area is 231 Å². The number of ether oxygens (including phenoxy) is 1. The molecule has 5 rings (SSSR count). The third kappa shape index (κ3) is 5.51. The molecule has 0 fully saturated rings. The highest BCUT2D eigenvalue weighted by atomic mass is 16.5. The number of anilines is 2. The minimum Gasteiger partial charge on any atom is -0.462 e. The monoisotopic (exact) mass is 535 g/mol. The minimum atomic E-state index is -0.534. The van der Waals surface area contributed by atoms with E-state index in [-0.39, 0.29) is 23.9 Å². The van der Waals surface area contributed by atoms with Gasteiger partial charge in [-0.15, -0.1) is 10.2 Å². The first-order valence-electron chi connectivity index (χ1n) is 12.9. The lowest BCUT2D eigenvalue weighted by atomic mass is 9.98. The van der Waals surface area contributed by atoms with E-state index >= 15 is 0 Å². The lowest BCUT2D eigenvalue weighted by molar-refractivity contribution is -0.115. The van der Waals surface area contributed by atoms with Crippen LogP contribution < -0.4 is 4.90 Å². The van der Waals surface area contributed by atoms with E-state index in [2.05, 4.69) is 25.7 Å². The van der Waals surface area contributed by atoms with Gasteiger partial charge in [0.05, 0.1) is 18.8 Å². The van der Waals surface area contributed by atoms with Crippen LogP contribution in [-0.4, -0.2) is 48.9 Å². The topological polar surface area (TPSA) is 119 Å². The van der Waals surface area contributed by atoms with Gasteiger partial charge in [-0.3, -0.25) is 14.4 Å². The molecule has 3 aromatic carbocycles. The molecule has 0 aliphatic heterocycles. The minimum absolute atomic E-state index is 0.208. The summed E-state index contributed by atoms with van der Waals surface area (Å²) in [6.45, 7) is 7.72. The average Bonchev–Trinajstić information content (AvgIpc) is 3.60. The van der Waals surface area contributed by atoms with Crippen LogP contribution in [0.1, 0.15) is 40.9 Å². The highest BCUT2D eigenvalue weighted by molar-refractivity contribution is 6.05. The van der Waals surface area contributed by atoms with E-state index in [1.54, 1.807) is 17.8 Å². The van der Waals surface area contributed by atoms with Gasteiger partial charge >= 0.3 is 5.97 Å². The SMILES string of the molecule is CCOC(=O)c1cn(Cc2ccc(-c3ccccc3-c3nn[nH]n3)cc2)nc1N(C(C)=O)c1cc(C)cc(C)c1. The maximum absolute atomic E-state index is 12.9. The molecule has 10 heteroatoms. The summed E-state index contributed by atoms with van der Waals surface area (Å²) >= 11 is 0. The molecule has 202 valence electrons. The van der Waals surface area contributed by atoms with Gasteiger partial charge in [0.25, 0.3) is 0 Å². The van der Waals surface area contributed by atoms with Crippen molar-refractivity contribution in [2.24, 2.45) is 0 Å². The smallest absolute Gasteiger partial charge is 0.343 e. The summed E-state index contributed by atoms with van der Waals surface area (Å²) in [6.07, 6.45) is 1.63. The molecule has 0 radical (unpaired) electrons. The zero-order chi connectivity index (χ0) is 28.2. The van der Waals surface area contributed by atoms with Crippen LogP contribution in [0.4, 0.5) is 11.5 Å². The van der Waals surface area contributed by atoms with Crippen LogP contribution in [0.2, 0.25) is 0 Å². The van der Waals surface area contributed by atoms with Gasteiger partial charge in [-0.25, -0.2) is 4.79 Å². The second-order valence-corrected chi connectivity index (χ2v) is 9.46. The first-order valence-corrected chi connectivity index (χ1v) is 12.9. The number of tetrazole rings is 1. The number of carbonyl (C=O) groups is 2. The summed E-state index contributed by atoms with van der Waals surface area (Å²) in [5, 5.41) is 19.1. The third-order valence-electron chi connectivity index (χ3n) is 6.35. The van der Waals surface area contributed by atoms with Gasteiger partial charge in [0.2, 0.25) is 11.7 Å². The molecule has 2 heterocycles. The number of hydrogen-bond donors (Lipinski definition) is 1. The zero-order valence-electron chi connectivity index (χ0n) is 22.8. The van der Waals surface area contributed by atoms with Gasteiger partial charge in [0, 0.05) is 18.7 Å². The van der Waals surface area contributed by atoms with Crippen LogP contribution in [0.15, 0.2) is 72.9 Å². The molecule has 0 aliphatic carbocycles. The molecular formula is C30H29N7O3. The molecule has 0 unspecified atom stereocenters. The molecule has 40 heavy (non-hydrogen) atoms. The van der Waals surface area contributed by atoms with Gasteiger partial charge in [-0.2, -0.15) is 10.3 Å². The zero-order valence-corrected chi connectivity index (χ0v) is 22.8. The summed E-state index contributed by atoms with van der Waals surface area (Å²) in [4.78, 5) is 27.2. The number of nitrogens with zero attached hydrogens (tertiary/aromatic N) is 6. The molecule has 2 aromatic heterocycles. The fourth-order valence-electron chi connectivity index (χ4n) is 4.73. The number of aromatic amines is 1. The average molecular weight is 536 g/mol. The van der Waals surface area contributed by atoms with Crippen molar-refractivity contribution in [2.45, 2.75) is 34.2 Å². The van der Waals surface area contributed by atoms with Crippen LogP contribution in [0, 0.1) is 13.8 Å². The highest BCUT2D eigenvalue weighted by Gasteiger charge is 2.27. The molecule has 0 spiro atoms. The predicted molar refractivity (Wildman–Crippen MR) is 151 cm³/mol. The number of aryl methyl sites for hydroxylation is 2. The van der Waals surface area contributed by atoms with E-state index in [1.165, 1.54) is 11.8 Å². The first-order chi connectivity index (χ1) is 19.3. The van der Waals surface area contributed by atoms with Crippen molar-refractivity contribution < 1.29 is 14.3 Å². The number of carbonyl (C=O) groups excluding carboxylic acids is 2. The Bertz CT molecular complexity index is 1640. The number of hydrogen-bond acceptors (Lipinski definition) is 7. The second-order valence-electron chi connectivity index (χ2n) is 9.46. The number of amides is 1. The lowest BCUT2D eigenvalue weighted by Crippen LogP contribution is -2.25. The number of esters is 1. The van der Waals surface area contributed by atoms with E-state index in [0.717, 1.165) is 33.4 Å². The van der Waals surface area contributed by atoms with Gasteiger partial charge in [-0.05, 0) is 65.9 Å². The molecule has 10 nitrogen and oxygen atoms in total. The van der Waals surface area contributed by atoms with E-state index in [9.17, 15) is 9.59 Å². The summed E-state index contributed by atoms with van der Waals surface area (Å²) in [6, 6.07) is 21.7. The molecule has 0 saturated carbocycles. The van der Waals surface area contributed by atoms with E-state index in [0.29, 0.717) is 18.1 Å². The van der Waals surface area contributed by atoms with E-state index in [4.69, 9.17) is 4.74 Å². The van der Waals surface area contributed by atoms with E-state index in [1.807, 2.05) is 80.6 Å². The van der Waals surface area contributed by atoms with Crippen molar-refractivity contribution in [3.63, 3.8) is 0 Å². The maximum atomic E-state index is 12.9. The third-order valence-corrected chi connectivity index (χ3v) is 6.35. The van der Waals surface area contributed by atoms with Gasteiger partial charge in [-0.1, -0.05) is 54.6 Å². The van der Waals surface area contributed by atoms with Crippen LogP contribution in [-0.2, 0) is 16.1 Å². The lowest BCUT2D eigenvalue weighted by Gasteiger charge is -2.21. The van der Waals surface area contributed by atoms with Gasteiger partial charge in [0.15, 0.2) is 5.82 Å². The van der Waals surface area contributed by atoms with Crippen LogP contribution >= 0.6 is 0 Å². The Morgan fingerprint density at radius 1 is 0.975 bits per heavy atom. The Hall–Kier alpha value is -5.12. The molecule has 0 bridgehead atoms. The highest BCUT2D eigenvalue weighted by Crippen LogP contribution is 2.32. The van der Waals surface area contributed by atoms with Crippen molar-refractivity contribution in [3.05, 3.63) is 95.2 Å². The maximum Gasteiger partial charge on any atom is 0.343 e. The Kier molecular flexibility index (Phi) is 7.50. The fraction of sp³-hybridized carbons (Fsp3) is 0.200. The number of benzene rings is 3. The summed E-state index contributed by atoms with van der Waals surface area (Å²) in [5.41, 5.74) is 6.68. The van der Waals surface area contributed by atoms with Crippen molar-refractivity contribution in [1.29, 1.82) is 0 Å². The normalized spacial score (nSPS) is 10.9. The quantitative estimate of drug-likeness (QED) is 0.269. The molecular weight excluding hydrogens is 506 g/mol. The second kappa shape index (κ2) is 11.3. The number of H-pyrrole nitrogens is 1. The summed E-state index contributed by atoms with van der Waals surface area (Å²) < 4.78 is 6.96. The predicted octanol–water partition coefficient (Wildman–Crippen LogP) is 5.26. The fourth-order valence-corrected chi connectivity index (χ4v) is 4.73. The molecule has 0 atom stereocenters. The molecule has 1 amide bonds. The van der Waals surface area contributed by atoms with E-state index < -0.39 is 5.97 Å². The summed E-state index contributed by atoms with van der Waals surface area (Å²) in [5.74, 6) is -0.0334. The van der Waals surface area contributed by atoms with Gasteiger partial charge in [0.1, 0.15) is 5.56 Å². The van der Waals surface area contributed by atoms with Crippen molar-refractivity contribution in [2.75, 3.05) is 11.5 Å². The largest absolute Gasteiger partial charge is 0.462 e. The van der Waals surface area contributed by atoms with Crippen molar-refractivity contribution in [3.8, 4) is 22.5 Å². The number of rotatable bonds is 8. The molecule has 1 N–H and O–H groups in total. The van der Waals surface area contributed by atoms with Crippen molar-refractivity contribution in [1.82, 2.24) is 30.4 Å². The Morgan fingerprint density at radius 3 is 2.30 bits per heavy atom. The van der Waals surface area contributed by atoms with Gasteiger partial charge < -0.3 is 4.74 Å². The van der Waals surface area contributed by atoms with Crippen LogP contribution in [0.25, 0.3) is 22.5 Å². The standard InChI is InChI=1S/C30H29N7O3/c1-5-40-30(39)27-18-36(33-29(27)37(21(4)38)24-15-19(2)14-20(3)16-24)17-22-10-12-23(13-11-22)25-8-6-7-9-26(25)28-31-34-35-32-28/h6-16,18H,5,17H2,1-4H3,(H,31,32,34,35). The number of aromatic nitrogens is 6. The van der Waals surface area contributed by atoms with Crippen LogP contribution in [0.3, 0.4) is 0 Å². The summed E-state index contributed by atoms with van der Waals surface area (Å²) in [7, 11) is 0. The van der Waals surface area contributed by atoms with Crippen LogP contribution in [0.5, 0.6) is 0 Å². The Balaban J connectivity index is 1.48.